The van der Waals surface area contributed by atoms with Gasteiger partial charge >= 0.3 is 0 Å². The molecule has 0 aliphatic carbocycles. The summed E-state index contributed by atoms with van der Waals surface area (Å²) in [5.74, 6) is -0.295. The van der Waals surface area contributed by atoms with E-state index in [9.17, 15) is 8.60 Å². The number of hydrogen-bond acceptors (Lipinski definition) is 3. The minimum Gasteiger partial charge on any atom is -0.397 e. The lowest BCUT2D eigenvalue weighted by Gasteiger charge is -2.13. The molecule has 0 bridgehead atoms. The fraction of sp³-hybridized carbons (Fsp3) is 0.500. The van der Waals surface area contributed by atoms with E-state index in [0.29, 0.717) is 17.8 Å². The van der Waals surface area contributed by atoms with Crippen molar-refractivity contribution in [2.75, 3.05) is 23.9 Å². The Labute approximate surface area is 104 Å². The highest BCUT2D eigenvalue weighted by Gasteiger charge is 2.07. The van der Waals surface area contributed by atoms with Crippen molar-refractivity contribution in [2.45, 2.75) is 25.5 Å². The Kier molecular flexibility index (Phi) is 4.93. The molecule has 1 rings (SSSR count). The zero-order valence-electron chi connectivity index (χ0n) is 10.4. The predicted molar refractivity (Wildman–Crippen MR) is 72.2 cm³/mol. The SMILES string of the molecule is Cc1cc(NCCC(C)S(C)=O)c(N)cc1F. The number of rotatable bonds is 5. The van der Waals surface area contributed by atoms with Gasteiger partial charge < -0.3 is 11.1 Å². The first kappa shape index (κ1) is 14.0. The number of nitrogens with two attached hydrogens (primary N) is 1. The molecule has 0 amide bonds. The van der Waals surface area contributed by atoms with Crippen molar-refractivity contribution in [3.63, 3.8) is 0 Å². The predicted octanol–water partition coefficient (Wildman–Crippen LogP) is 2.29. The molecule has 0 aliphatic rings. The van der Waals surface area contributed by atoms with Crippen LogP contribution in [0.25, 0.3) is 0 Å². The second-order valence-corrected chi connectivity index (χ2v) is 6.02. The molecule has 0 radical (unpaired) electrons. The molecule has 0 saturated carbocycles. The van der Waals surface area contributed by atoms with Crippen molar-refractivity contribution in [3.8, 4) is 0 Å². The van der Waals surface area contributed by atoms with E-state index in [1.165, 1.54) is 6.07 Å². The fourth-order valence-corrected chi connectivity index (χ4v) is 1.88. The van der Waals surface area contributed by atoms with Crippen LogP contribution < -0.4 is 11.1 Å². The summed E-state index contributed by atoms with van der Waals surface area (Å²) >= 11 is 0. The van der Waals surface area contributed by atoms with Gasteiger partial charge in [0.15, 0.2) is 0 Å². The van der Waals surface area contributed by atoms with Crippen LogP contribution >= 0.6 is 0 Å². The maximum Gasteiger partial charge on any atom is 0.128 e. The average Bonchev–Trinajstić information content (AvgIpc) is 2.25. The van der Waals surface area contributed by atoms with Crippen LogP contribution in [-0.4, -0.2) is 22.3 Å². The highest BCUT2D eigenvalue weighted by atomic mass is 32.2. The summed E-state index contributed by atoms with van der Waals surface area (Å²) in [6.07, 6.45) is 2.49. The minimum absolute atomic E-state index is 0.144. The molecule has 0 heterocycles. The Morgan fingerprint density at radius 3 is 2.76 bits per heavy atom. The van der Waals surface area contributed by atoms with E-state index < -0.39 is 10.8 Å². The molecule has 1 aromatic carbocycles. The van der Waals surface area contributed by atoms with E-state index in [-0.39, 0.29) is 11.1 Å². The molecular formula is C12H19FN2OS. The van der Waals surface area contributed by atoms with Gasteiger partial charge in [-0.25, -0.2) is 4.39 Å². The zero-order chi connectivity index (χ0) is 13.0. The molecule has 5 heteroatoms. The summed E-state index contributed by atoms with van der Waals surface area (Å²) in [4.78, 5) is 0. The summed E-state index contributed by atoms with van der Waals surface area (Å²) in [7, 11) is -0.813. The van der Waals surface area contributed by atoms with Gasteiger partial charge in [0.25, 0.3) is 0 Å². The Morgan fingerprint density at radius 2 is 2.18 bits per heavy atom. The Hall–Kier alpha value is -1.10. The Morgan fingerprint density at radius 1 is 1.53 bits per heavy atom. The highest BCUT2D eigenvalue weighted by Crippen LogP contribution is 2.22. The molecule has 3 N–H and O–H groups in total. The van der Waals surface area contributed by atoms with E-state index in [2.05, 4.69) is 5.32 Å². The summed E-state index contributed by atoms with van der Waals surface area (Å²) in [6, 6.07) is 3.01. The lowest BCUT2D eigenvalue weighted by Crippen LogP contribution is -2.15. The van der Waals surface area contributed by atoms with Crippen LogP contribution in [0.3, 0.4) is 0 Å². The molecule has 0 fully saturated rings. The third-order valence-corrected chi connectivity index (χ3v) is 4.13. The van der Waals surface area contributed by atoms with E-state index in [0.717, 1.165) is 12.1 Å². The smallest absolute Gasteiger partial charge is 0.128 e. The van der Waals surface area contributed by atoms with E-state index >= 15 is 0 Å². The number of nitrogens with one attached hydrogen (secondary N) is 1. The van der Waals surface area contributed by atoms with E-state index in [1.54, 1.807) is 19.2 Å². The monoisotopic (exact) mass is 258 g/mol. The van der Waals surface area contributed by atoms with E-state index in [4.69, 9.17) is 5.73 Å². The molecule has 0 aliphatic heterocycles. The average molecular weight is 258 g/mol. The van der Waals surface area contributed by atoms with Gasteiger partial charge in [0.1, 0.15) is 5.82 Å². The van der Waals surface area contributed by atoms with Crippen LogP contribution in [0.4, 0.5) is 15.8 Å². The van der Waals surface area contributed by atoms with Crippen molar-refractivity contribution in [1.29, 1.82) is 0 Å². The first-order valence-corrected chi connectivity index (χ1v) is 7.15. The molecule has 96 valence electrons. The van der Waals surface area contributed by atoms with Crippen molar-refractivity contribution in [3.05, 3.63) is 23.5 Å². The largest absolute Gasteiger partial charge is 0.397 e. The Bertz CT molecular complexity index is 423. The number of halogens is 1. The zero-order valence-corrected chi connectivity index (χ0v) is 11.2. The molecule has 0 spiro atoms. The number of benzene rings is 1. The third kappa shape index (κ3) is 4.00. The summed E-state index contributed by atoms with van der Waals surface area (Å²) in [6.45, 7) is 4.32. The Balaban J connectivity index is 2.58. The van der Waals surface area contributed by atoms with Gasteiger partial charge in [0.2, 0.25) is 0 Å². The van der Waals surface area contributed by atoms with Crippen LogP contribution in [0.2, 0.25) is 0 Å². The standard InChI is InChI=1S/C12H19FN2OS/c1-8-6-12(11(14)7-10(8)13)15-5-4-9(2)17(3)16/h6-7,9,15H,4-5,14H2,1-3H3. The molecule has 1 aromatic rings. The van der Waals surface area contributed by atoms with Gasteiger partial charge in [-0.2, -0.15) is 0 Å². The van der Waals surface area contributed by atoms with Crippen LogP contribution in [0, 0.1) is 12.7 Å². The van der Waals surface area contributed by atoms with Crippen molar-refractivity contribution >= 4 is 22.2 Å². The molecule has 2 unspecified atom stereocenters. The third-order valence-electron chi connectivity index (χ3n) is 2.76. The maximum absolute atomic E-state index is 13.2. The summed E-state index contributed by atoms with van der Waals surface area (Å²) in [5.41, 5.74) is 7.40. The van der Waals surface area contributed by atoms with Crippen LogP contribution in [0.5, 0.6) is 0 Å². The quantitative estimate of drug-likeness (QED) is 0.797. The van der Waals surface area contributed by atoms with Gasteiger partial charge in [0.05, 0.1) is 11.4 Å². The molecule has 0 aromatic heterocycles. The van der Waals surface area contributed by atoms with Crippen molar-refractivity contribution in [1.82, 2.24) is 0 Å². The number of aryl methyl sites for hydroxylation is 1. The van der Waals surface area contributed by atoms with Gasteiger partial charge in [-0.15, -0.1) is 0 Å². The van der Waals surface area contributed by atoms with Crippen LogP contribution in [0.15, 0.2) is 12.1 Å². The van der Waals surface area contributed by atoms with Gasteiger partial charge in [-0.1, -0.05) is 6.92 Å². The minimum atomic E-state index is -0.813. The molecule has 0 saturated heterocycles. The molecule has 17 heavy (non-hydrogen) atoms. The first-order valence-electron chi connectivity index (χ1n) is 5.53. The lowest BCUT2D eigenvalue weighted by molar-refractivity contribution is 0.619. The van der Waals surface area contributed by atoms with Gasteiger partial charge in [-0.3, -0.25) is 4.21 Å². The number of anilines is 2. The topological polar surface area (TPSA) is 55.1 Å². The number of hydrogen-bond donors (Lipinski definition) is 2. The fourth-order valence-electron chi connectivity index (χ4n) is 1.43. The summed E-state index contributed by atoms with van der Waals surface area (Å²) in [5, 5.41) is 3.28. The van der Waals surface area contributed by atoms with E-state index in [1.807, 2.05) is 6.92 Å². The molecule has 3 nitrogen and oxygen atoms in total. The lowest BCUT2D eigenvalue weighted by atomic mass is 10.1. The maximum atomic E-state index is 13.2. The number of nitrogen functional groups attached to an aromatic ring is 1. The van der Waals surface area contributed by atoms with Crippen LogP contribution in [0.1, 0.15) is 18.9 Å². The second kappa shape index (κ2) is 6.00. The van der Waals surface area contributed by atoms with Crippen molar-refractivity contribution in [2.24, 2.45) is 0 Å². The second-order valence-electron chi connectivity index (χ2n) is 4.21. The van der Waals surface area contributed by atoms with Gasteiger partial charge in [0, 0.05) is 28.9 Å². The van der Waals surface area contributed by atoms with Crippen LogP contribution in [-0.2, 0) is 10.8 Å². The van der Waals surface area contributed by atoms with Crippen molar-refractivity contribution < 1.29 is 8.60 Å². The molecule has 2 atom stereocenters. The van der Waals surface area contributed by atoms with Gasteiger partial charge in [-0.05, 0) is 31.0 Å². The summed E-state index contributed by atoms with van der Waals surface area (Å²) < 4.78 is 24.3. The first-order chi connectivity index (χ1) is 7.91. The normalized spacial score (nSPS) is 14.4. The molecular weight excluding hydrogens is 239 g/mol. The highest BCUT2D eigenvalue weighted by molar-refractivity contribution is 7.84.